The van der Waals surface area contributed by atoms with E-state index in [9.17, 15) is 13.6 Å². The minimum absolute atomic E-state index is 0.0783. The second-order valence-electron chi connectivity index (χ2n) is 3.83. The van der Waals surface area contributed by atoms with E-state index in [-0.39, 0.29) is 24.7 Å². The molecule has 1 aromatic carbocycles. The number of anilines is 1. The van der Waals surface area contributed by atoms with Crippen molar-refractivity contribution in [1.82, 2.24) is 5.32 Å². The number of benzene rings is 1. The summed E-state index contributed by atoms with van der Waals surface area (Å²) < 4.78 is 31.0. The Labute approximate surface area is 108 Å². The first kappa shape index (κ1) is 13.1. The van der Waals surface area contributed by atoms with Gasteiger partial charge in [0.25, 0.3) is 0 Å². The summed E-state index contributed by atoms with van der Waals surface area (Å²) in [4.78, 5) is 11.5. The quantitative estimate of drug-likeness (QED) is 0.873. The molecule has 1 aromatic heterocycles. The van der Waals surface area contributed by atoms with Crippen molar-refractivity contribution in [3.8, 4) is 0 Å². The highest BCUT2D eigenvalue weighted by Gasteiger charge is 2.06. The van der Waals surface area contributed by atoms with E-state index in [1.165, 1.54) is 12.3 Å². The first-order valence-corrected chi connectivity index (χ1v) is 5.63. The third-order valence-corrected chi connectivity index (χ3v) is 2.41. The molecule has 0 saturated carbocycles. The second kappa shape index (κ2) is 5.99. The highest BCUT2D eigenvalue weighted by Crippen LogP contribution is 2.14. The zero-order valence-electron chi connectivity index (χ0n) is 9.95. The first-order valence-electron chi connectivity index (χ1n) is 5.63. The van der Waals surface area contributed by atoms with Crippen LogP contribution in [0.25, 0.3) is 0 Å². The van der Waals surface area contributed by atoms with Gasteiger partial charge in [-0.2, -0.15) is 0 Å². The largest absolute Gasteiger partial charge is 0.467 e. The average Bonchev–Trinajstić information content (AvgIpc) is 2.88. The molecule has 6 heteroatoms. The van der Waals surface area contributed by atoms with E-state index in [1.807, 2.05) is 0 Å². The predicted octanol–water partition coefficient (Wildman–Crippen LogP) is 2.29. The predicted molar refractivity (Wildman–Crippen MR) is 65.4 cm³/mol. The molecule has 1 heterocycles. The van der Waals surface area contributed by atoms with Gasteiger partial charge >= 0.3 is 0 Å². The van der Waals surface area contributed by atoms with Gasteiger partial charge in [0.15, 0.2) is 0 Å². The van der Waals surface area contributed by atoms with Crippen LogP contribution in [0.5, 0.6) is 0 Å². The lowest BCUT2D eigenvalue weighted by Crippen LogP contribution is -2.29. The molecule has 0 unspecified atom stereocenters. The molecule has 0 aliphatic heterocycles. The lowest BCUT2D eigenvalue weighted by molar-refractivity contribution is -0.119. The summed E-state index contributed by atoms with van der Waals surface area (Å²) in [5.41, 5.74) is 0.0783. The van der Waals surface area contributed by atoms with Crippen LogP contribution in [0, 0.1) is 11.6 Å². The summed E-state index contributed by atoms with van der Waals surface area (Å²) in [5, 5.41) is 5.18. The third kappa shape index (κ3) is 3.80. The molecule has 0 radical (unpaired) electrons. The maximum atomic E-state index is 13.3. The van der Waals surface area contributed by atoms with Crippen LogP contribution in [0.15, 0.2) is 41.0 Å². The Hall–Kier alpha value is -2.37. The zero-order valence-corrected chi connectivity index (χ0v) is 9.95. The molecule has 2 rings (SSSR count). The normalized spacial score (nSPS) is 10.2. The highest BCUT2D eigenvalue weighted by atomic mass is 19.1. The summed E-state index contributed by atoms with van der Waals surface area (Å²) in [7, 11) is 0. The summed E-state index contributed by atoms with van der Waals surface area (Å²) in [6.45, 7) is 0.155. The molecule has 0 saturated heterocycles. The number of halogens is 2. The summed E-state index contributed by atoms with van der Waals surface area (Å²) >= 11 is 0. The molecule has 2 aromatic rings. The van der Waals surface area contributed by atoms with Crippen molar-refractivity contribution < 1.29 is 18.0 Å². The number of amides is 1. The van der Waals surface area contributed by atoms with Crippen molar-refractivity contribution >= 4 is 11.6 Å². The van der Waals surface area contributed by atoms with Gasteiger partial charge in [0, 0.05) is 6.07 Å². The number of furan rings is 1. The fourth-order valence-electron chi connectivity index (χ4n) is 1.47. The first-order chi connectivity index (χ1) is 9.15. The van der Waals surface area contributed by atoms with Crippen molar-refractivity contribution in [3.05, 3.63) is 54.0 Å². The third-order valence-electron chi connectivity index (χ3n) is 2.41. The topological polar surface area (TPSA) is 54.3 Å². The van der Waals surface area contributed by atoms with Gasteiger partial charge in [0.1, 0.15) is 17.4 Å². The van der Waals surface area contributed by atoms with Gasteiger partial charge in [-0.1, -0.05) is 0 Å². The molecule has 0 aliphatic rings. The van der Waals surface area contributed by atoms with E-state index < -0.39 is 11.6 Å². The molecule has 0 bridgehead atoms. The SMILES string of the molecule is O=C(CNc1ccc(F)cc1F)NCc1ccco1. The lowest BCUT2D eigenvalue weighted by Gasteiger charge is -2.07. The van der Waals surface area contributed by atoms with Gasteiger partial charge in [0.05, 0.1) is 25.0 Å². The number of carbonyl (C=O) groups is 1. The Morgan fingerprint density at radius 1 is 1.26 bits per heavy atom. The highest BCUT2D eigenvalue weighted by molar-refractivity contribution is 5.80. The van der Waals surface area contributed by atoms with Gasteiger partial charge in [-0.3, -0.25) is 4.79 Å². The van der Waals surface area contributed by atoms with E-state index in [0.29, 0.717) is 5.76 Å². The molecule has 1 amide bonds. The van der Waals surface area contributed by atoms with Gasteiger partial charge in [-0.05, 0) is 24.3 Å². The maximum Gasteiger partial charge on any atom is 0.239 e. The molecule has 2 N–H and O–H groups in total. The van der Waals surface area contributed by atoms with Crippen molar-refractivity contribution in [2.45, 2.75) is 6.54 Å². The lowest BCUT2D eigenvalue weighted by atomic mass is 10.3. The number of nitrogens with one attached hydrogen (secondary N) is 2. The van der Waals surface area contributed by atoms with E-state index >= 15 is 0 Å². The minimum Gasteiger partial charge on any atom is -0.467 e. The molecule has 100 valence electrons. The van der Waals surface area contributed by atoms with E-state index in [2.05, 4.69) is 10.6 Å². The van der Waals surface area contributed by atoms with Crippen LogP contribution in [-0.2, 0) is 11.3 Å². The Balaban J connectivity index is 1.80. The fourth-order valence-corrected chi connectivity index (χ4v) is 1.47. The van der Waals surface area contributed by atoms with E-state index in [4.69, 9.17) is 4.42 Å². The fraction of sp³-hybridized carbons (Fsp3) is 0.154. The van der Waals surface area contributed by atoms with Gasteiger partial charge in [-0.25, -0.2) is 8.78 Å². The van der Waals surface area contributed by atoms with Gasteiger partial charge in [-0.15, -0.1) is 0 Å². The van der Waals surface area contributed by atoms with Crippen molar-refractivity contribution in [3.63, 3.8) is 0 Å². The second-order valence-corrected chi connectivity index (χ2v) is 3.83. The Kier molecular flexibility index (Phi) is 4.12. The van der Waals surface area contributed by atoms with E-state index in [1.54, 1.807) is 12.1 Å². The maximum absolute atomic E-state index is 13.3. The molecule has 0 fully saturated rings. The van der Waals surface area contributed by atoms with Crippen molar-refractivity contribution in [2.75, 3.05) is 11.9 Å². The standard InChI is InChI=1S/C13H12F2N2O2/c14-9-3-4-12(11(15)6-9)16-8-13(18)17-7-10-2-1-5-19-10/h1-6,16H,7-8H2,(H,17,18). The monoisotopic (exact) mass is 266 g/mol. The number of rotatable bonds is 5. The smallest absolute Gasteiger partial charge is 0.239 e. The zero-order chi connectivity index (χ0) is 13.7. The van der Waals surface area contributed by atoms with Crippen LogP contribution in [0.2, 0.25) is 0 Å². The summed E-state index contributed by atoms with van der Waals surface area (Å²) in [6, 6.07) is 6.56. The Morgan fingerprint density at radius 2 is 2.11 bits per heavy atom. The number of hydrogen-bond donors (Lipinski definition) is 2. The van der Waals surface area contributed by atoms with Crippen LogP contribution in [0.4, 0.5) is 14.5 Å². The summed E-state index contributed by atoms with van der Waals surface area (Å²) in [6.07, 6.45) is 1.51. The van der Waals surface area contributed by atoms with E-state index in [0.717, 1.165) is 12.1 Å². The summed E-state index contributed by atoms with van der Waals surface area (Å²) in [5.74, 6) is -1.09. The van der Waals surface area contributed by atoms with Gasteiger partial charge < -0.3 is 15.1 Å². The Bertz CT molecular complexity index is 556. The average molecular weight is 266 g/mol. The molecule has 0 aliphatic carbocycles. The van der Waals surface area contributed by atoms with Crippen molar-refractivity contribution in [1.29, 1.82) is 0 Å². The molecule has 4 nitrogen and oxygen atoms in total. The van der Waals surface area contributed by atoms with Crippen LogP contribution < -0.4 is 10.6 Å². The van der Waals surface area contributed by atoms with Crippen LogP contribution in [-0.4, -0.2) is 12.5 Å². The Morgan fingerprint density at radius 3 is 2.79 bits per heavy atom. The van der Waals surface area contributed by atoms with Crippen molar-refractivity contribution in [2.24, 2.45) is 0 Å². The molecule has 0 atom stereocenters. The molecular formula is C13H12F2N2O2. The minimum atomic E-state index is -0.737. The van der Waals surface area contributed by atoms with Crippen LogP contribution in [0.1, 0.15) is 5.76 Å². The number of hydrogen-bond acceptors (Lipinski definition) is 3. The molecular weight excluding hydrogens is 254 g/mol. The van der Waals surface area contributed by atoms with Crippen LogP contribution in [0.3, 0.4) is 0 Å². The molecule has 0 spiro atoms. The van der Waals surface area contributed by atoms with Crippen LogP contribution >= 0.6 is 0 Å². The van der Waals surface area contributed by atoms with Gasteiger partial charge in [0.2, 0.25) is 5.91 Å². The molecule has 19 heavy (non-hydrogen) atoms. The number of carbonyl (C=O) groups excluding carboxylic acids is 1.